The summed E-state index contributed by atoms with van der Waals surface area (Å²) in [6.07, 6.45) is 2.37. The van der Waals surface area contributed by atoms with Gasteiger partial charge < -0.3 is 24.5 Å². The van der Waals surface area contributed by atoms with E-state index in [1.54, 1.807) is 18.2 Å². The highest BCUT2D eigenvalue weighted by Crippen LogP contribution is 2.37. The Morgan fingerprint density at radius 1 is 1.15 bits per heavy atom. The number of carbonyl (C=O) groups excluding carboxylic acids is 2. The van der Waals surface area contributed by atoms with Gasteiger partial charge in [-0.3, -0.25) is 9.59 Å². The Bertz CT molecular complexity index is 776. The van der Waals surface area contributed by atoms with Crippen molar-refractivity contribution >= 4 is 23.4 Å². The van der Waals surface area contributed by atoms with Crippen LogP contribution in [0.3, 0.4) is 0 Å². The molecule has 0 saturated carbocycles. The summed E-state index contributed by atoms with van der Waals surface area (Å²) in [5, 5.41) is 5.87. The van der Waals surface area contributed by atoms with Crippen LogP contribution in [0.15, 0.2) is 34.9 Å². The standard InChI is InChI=1S/C18H19ClN2O5/c19-13-9-12(10-15-17(13)26-8-2-7-25-15)11-21-16(22)4-5-20-18(23)14-3-1-6-24-14/h1,3,6,9-10H,2,4-5,7-8,11H2,(H,20,23)(H,21,22). The van der Waals surface area contributed by atoms with Crippen molar-refractivity contribution in [2.45, 2.75) is 19.4 Å². The van der Waals surface area contributed by atoms with Crippen molar-refractivity contribution in [2.75, 3.05) is 19.8 Å². The Morgan fingerprint density at radius 2 is 2.00 bits per heavy atom. The van der Waals surface area contributed by atoms with Gasteiger partial charge in [0.2, 0.25) is 5.91 Å². The van der Waals surface area contributed by atoms with Crippen molar-refractivity contribution in [1.82, 2.24) is 10.6 Å². The van der Waals surface area contributed by atoms with Crippen LogP contribution in [0, 0.1) is 0 Å². The van der Waals surface area contributed by atoms with E-state index in [4.69, 9.17) is 25.5 Å². The fraction of sp³-hybridized carbons (Fsp3) is 0.333. The predicted octanol–water partition coefficient (Wildman–Crippen LogP) is 2.53. The van der Waals surface area contributed by atoms with Gasteiger partial charge in [-0.05, 0) is 29.8 Å². The van der Waals surface area contributed by atoms with Crippen molar-refractivity contribution in [3.8, 4) is 11.5 Å². The maximum atomic E-state index is 11.9. The van der Waals surface area contributed by atoms with E-state index in [0.29, 0.717) is 36.3 Å². The summed E-state index contributed by atoms with van der Waals surface area (Å²) in [6.45, 7) is 1.65. The largest absolute Gasteiger partial charge is 0.489 e. The predicted molar refractivity (Wildman–Crippen MR) is 94.6 cm³/mol. The van der Waals surface area contributed by atoms with Gasteiger partial charge in [-0.2, -0.15) is 0 Å². The fourth-order valence-electron chi connectivity index (χ4n) is 2.46. The Labute approximate surface area is 155 Å². The third-order valence-electron chi connectivity index (χ3n) is 3.73. The summed E-state index contributed by atoms with van der Waals surface area (Å²) in [5.41, 5.74) is 0.812. The molecule has 1 aliphatic heterocycles. The summed E-state index contributed by atoms with van der Waals surface area (Å²) in [5.74, 6) is 0.808. The lowest BCUT2D eigenvalue weighted by Gasteiger charge is -2.12. The van der Waals surface area contributed by atoms with Crippen molar-refractivity contribution in [1.29, 1.82) is 0 Å². The number of hydrogen-bond acceptors (Lipinski definition) is 5. The Morgan fingerprint density at radius 3 is 2.81 bits per heavy atom. The number of amides is 2. The minimum absolute atomic E-state index is 0.157. The highest BCUT2D eigenvalue weighted by molar-refractivity contribution is 6.32. The molecule has 3 rings (SSSR count). The summed E-state index contributed by atoms with van der Waals surface area (Å²) in [4.78, 5) is 23.6. The number of halogens is 1. The number of nitrogens with one attached hydrogen (secondary N) is 2. The first-order valence-electron chi connectivity index (χ1n) is 8.30. The second-order valence-corrected chi connectivity index (χ2v) is 6.12. The van der Waals surface area contributed by atoms with E-state index in [9.17, 15) is 9.59 Å². The van der Waals surface area contributed by atoms with E-state index in [1.807, 2.05) is 6.07 Å². The third-order valence-corrected chi connectivity index (χ3v) is 4.01. The monoisotopic (exact) mass is 378 g/mol. The third kappa shape index (κ3) is 4.70. The van der Waals surface area contributed by atoms with Crippen LogP contribution in [0.4, 0.5) is 0 Å². The number of furan rings is 1. The molecule has 2 heterocycles. The number of ether oxygens (including phenoxy) is 2. The number of carbonyl (C=O) groups is 2. The molecule has 0 saturated heterocycles. The Balaban J connectivity index is 1.46. The van der Waals surface area contributed by atoms with Gasteiger partial charge in [0.05, 0.1) is 24.5 Å². The number of benzene rings is 1. The lowest BCUT2D eigenvalue weighted by Crippen LogP contribution is -2.30. The molecule has 2 aromatic rings. The van der Waals surface area contributed by atoms with Gasteiger partial charge in [0.25, 0.3) is 5.91 Å². The summed E-state index contributed by atoms with van der Waals surface area (Å²) in [6, 6.07) is 6.74. The molecule has 0 aliphatic carbocycles. The molecule has 1 aromatic carbocycles. The van der Waals surface area contributed by atoms with Gasteiger partial charge in [-0.15, -0.1) is 0 Å². The van der Waals surface area contributed by atoms with Crippen LogP contribution in [0.25, 0.3) is 0 Å². The summed E-state index contributed by atoms with van der Waals surface area (Å²) in [7, 11) is 0. The quantitative estimate of drug-likeness (QED) is 0.806. The highest BCUT2D eigenvalue weighted by Gasteiger charge is 2.16. The zero-order valence-corrected chi connectivity index (χ0v) is 14.8. The van der Waals surface area contributed by atoms with Crippen molar-refractivity contribution < 1.29 is 23.5 Å². The van der Waals surface area contributed by atoms with Crippen LogP contribution in [0.5, 0.6) is 11.5 Å². The number of rotatable bonds is 6. The molecule has 0 radical (unpaired) electrons. The van der Waals surface area contributed by atoms with E-state index in [-0.39, 0.29) is 30.5 Å². The molecule has 26 heavy (non-hydrogen) atoms. The average Bonchev–Trinajstić information content (AvgIpc) is 3.06. The zero-order valence-electron chi connectivity index (χ0n) is 14.0. The van der Waals surface area contributed by atoms with Gasteiger partial charge in [0.15, 0.2) is 17.3 Å². The second kappa shape index (κ2) is 8.62. The van der Waals surface area contributed by atoms with Crippen LogP contribution in [-0.4, -0.2) is 31.6 Å². The van der Waals surface area contributed by atoms with Crippen LogP contribution in [-0.2, 0) is 11.3 Å². The Kier molecular flexibility index (Phi) is 6.01. The molecular weight excluding hydrogens is 360 g/mol. The number of fused-ring (bicyclic) bond motifs is 1. The van der Waals surface area contributed by atoms with Crippen molar-refractivity contribution in [2.24, 2.45) is 0 Å². The molecule has 0 atom stereocenters. The maximum absolute atomic E-state index is 11.9. The van der Waals surface area contributed by atoms with Crippen molar-refractivity contribution in [3.63, 3.8) is 0 Å². The first-order valence-corrected chi connectivity index (χ1v) is 8.67. The van der Waals surface area contributed by atoms with Gasteiger partial charge in [0.1, 0.15) is 0 Å². The van der Waals surface area contributed by atoms with E-state index in [1.165, 1.54) is 6.26 Å². The lowest BCUT2D eigenvalue weighted by atomic mass is 10.2. The van der Waals surface area contributed by atoms with E-state index in [2.05, 4.69) is 10.6 Å². The normalized spacial score (nSPS) is 13.0. The molecule has 2 amide bonds. The summed E-state index contributed by atoms with van der Waals surface area (Å²) >= 11 is 6.23. The molecule has 0 unspecified atom stereocenters. The van der Waals surface area contributed by atoms with Gasteiger partial charge in [0, 0.05) is 25.9 Å². The van der Waals surface area contributed by atoms with E-state index < -0.39 is 0 Å². The van der Waals surface area contributed by atoms with Crippen LogP contribution < -0.4 is 20.1 Å². The molecule has 138 valence electrons. The number of hydrogen-bond donors (Lipinski definition) is 2. The second-order valence-electron chi connectivity index (χ2n) is 5.72. The molecule has 1 aliphatic rings. The molecular formula is C18H19ClN2O5. The van der Waals surface area contributed by atoms with Crippen LogP contribution in [0.2, 0.25) is 5.02 Å². The minimum atomic E-state index is -0.350. The molecule has 2 N–H and O–H groups in total. The molecule has 0 bridgehead atoms. The summed E-state index contributed by atoms with van der Waals surface area (Å²) < 4.78 is 16.2. The van der Waals surface area contributed by atoms with E-state index in [0.717, 1.165) is 12.0 Å². The smallest absolute Gasteiger partial charge is 0.286 e. The average molecular weight is 379 g/mol. The van der Waals surface area contributed by atoms with Crippen LogP contribution >= 0.6 is 11.6 Å². The molecule has 8 heteroatoms. The first-order chi connectivity index (χ1) is 12.6. The molecule has 7 nitrogen and oxygen atoms in total. The van der Waals surface area contributed by atoms with Crippen molar-refractivity contribution in [3.05, 3.63) is 46.9 Å². The fourth-order valence-corrected chi connectivity index (χ4v) is 2.75. The maximum Gasteiger partial charge on any atom is 0.286 e. The topological polar surface area (TPSA) is 89.8 Å². The van der Waals surface area contributed by atoms with Crippen LogP contribution in [0.1, 0.15) is 29.0 Å². The molecule has 0 fully saturated rings. The highest BCUT2D eigenvalue weighted by atomic mass is 35.5. The molecule has 1 aromatic heterocycles. The van der Waals surface area contributed by atoms with Gasteiger partial charge >= 0.3 is 0 Å². The van der Waals surface area contributed by atoms with E-state index >= 15 is 0 Å². The zero-order chi connectivity index (χ0) is 18.4. The lowest BCUT2D eigenvalue weighted by molar-refractivity contribution is -0.121. The Hall–Kier alpha value is -2.67. The SMILES string of the molecule is O=C(CCNC(=O)c1ccco1)NCc1cc(Cl)c2c(c1)OCCCO2. The molecule has 0 spiro atoms. The van der Waals surface area contributed by atoms with Gasteiger partial charge in [-0.25, -0.2) is 0 Å². The van der Waals surface area contributed by atoms with Gasteiger partial charge in [-0.1, -0.05) is 11.6 Å². The minimum Gasteiger partial charge on any atom is -0.489 e. The first kappa shape index (κ1) is 18.1.